The van der Waals surface area contributed by atoms with E-state index in [2.05, 4.69) is 10.1 Å². The Morgan fingerprint density at radius 1 is 1.12 bits per heavy atom. The first-order valence-corrected chi connectivity index (χ1v) is 10.4. The lowest BCUT2D eigenvalue weighted by Gasteiger charge is -2.33. The minimum Gasteiger partial charge on any atom is -0.396 e. The zero-order valence-electron chi connectivity index (χ0n) is 17.5. The Kier molecular flexibility index (Phi) is 4.97. The van der Waals surface area contributed by atoms with Crippen molar-refractivity contribution in [1.82, 2.24) is 19.7 Å². The summed E-state index contributed by atoms with van der Waals surface area (Å²) in [5.41, 5.74) is 15.1. The number of fused-ring (bicyclic) bond motifs is 1. The van der Waals surface area contributed by atoms with Crippen LogP contribution in [0.25, 0.3) is 33.3 Å². The molecule has 164 valence electrons. The SMILES string of the molecule is Cn1cc2cc(-c3cnc(N4CCC(N)C(F)C4)nc3-c3ccc(N)c(F)c3)ccc2n1. The summed E-state index contributed by atoms with van der Waals surface area (Å²) in [6.07, 6.45) is 2.98. The van der Waals surface area contributed by atoms with Crippen LogP contribution in [0.15, 0.2) is 48.8 Å². The van der Waals surface area contributed by atoms with Gasteiger partial charge in [-0.15, -0.1) is 0 Å². The highest BCUT2D eigenvalue weighted by molar-refractivity contribution is 5.88. The number of rotatable bonds is 3. The van der Waals surface area contributed by atoms with Gasteiger partial charge < -0.3 is 16.4 Å². The van der Waals surface area contributed by atoms with E-state index in [4.69, 9.17) is 16.5 Å². The van der Waals surface area contributed by atoms with Crippen molar-refractivity contribution >= 4 is 22.5 Å². The lowest BCUT2D eigenvalue weighted by Crippen LogP contribution is -2.49. The molecule has 9 heteroatoms. The summed E-state index contributed by atoms with van der Waals surface area (Å²) in [4.78, 5) is 11.0. The van der Waals surface area contributed by atoms with E-state index in [1.807, 2.05) is 31.4 Å². The van der Waals surface area contributed by atoms with E-state index in [1.165, 1.54) is 12.1 Å². The van der Waals surface area contributed by atoms with Crippen LogP contribution in [0.2, 0.25) is 0 Å². The number of nitrogen functional groups attached to an aromatic ring is 1. The summed E-state index contributed by atoms with van der Waals surface area (Å²) >= 11 is 0. The smallest absolute Gasteiger partial charge is 0.225 e. The number of anilines is 2. The predicted molar refractivity (Wildman–Crippen MR) is 121 cm³/mol. The van der Waals surface area contributed by atoms with Crippen LogP contribution >= 0.6 is 0 Å². The third-order valence-corrected chi connectivity index (χ3v) is 5.85. The van der Waals surface area contributed by atoms with Crippen molar-refractivity contribution in [2.24, 2.45) is 12.8 Å². The molecular formula is C23H23F2N7. The molecule has 0 spiro atoms. The van der Waals surface area contributed by atoms with Crippen molar-refractivity contribution in [1.29, 1.82) is 0 Å². The highest BCUT2D eigenvalue weighted by Crippen LogP contribution is 2.34. The summed E-state index contributed by atoms with van der Waals surface area (Å²) in [7, 11) is 1.86. The molecule has 1 aliphatic heterocycles. The molecule has 0 saturated carbocycles. The van der Waals surface area contributed by atoms with Gasteiger partial charge in [-0.2, -0.15) is 5.10 Å². The maximum Gasteiger partial charge on any atom is 0.225 e. The van der Waals surface area contributed by atoms with Crippen LogP contribution in [0.3, 0.4) is 0 Å². The van der Waals surface area contributed by atoms with E-state index in [1.54, 1.807) is 21.8 Å². The van der Waals surface area contributed by atoms with Gasteiger partial charge >= 0.3 is 0 Å². The second kappa shape index (κ2) is 7.83. The Morgan fingerprint density at radius 2 is 1.94 bits per heavy atom. The average molecular weight is 435 g/mol. The number of aromatic nitrogens is 4. The van der Waals surface area contributed by atoms with Gasteiger partial charge in [0.25, 0.3) is 0 Å². The molecule has 2 aromatic heterocycles. The maximum atomic E-state index is 14.3. The van der Waals surface area contributed by atoms with Gasteiger partial charge in [0.1, 0.15) is 12.0 Å². The second-order valence-electron chi connectivity index (χ2n) is 8.16. The summed E-state index contributed by atoms with van der Waals surface area (Å²) in [6.45, 7) is 0.676. The molecule has 0 amide bonds. The van der Waals surface area contributed by atoms with Gasteiger partial charge in [0.2, 0.25) is 5.95 Å². The Balaban J connectivity index is 1.64. The molecule has 2 atom stereocenters. The molecule has 3 heterocycles. The van der Waals surface area contributed by atoms with Crippen LogP contribution in [-0.2, 0) is 7.05 Å². The van der Waals surface area contributed by atoms with Crippen LogP contribution in [0.5, 0.6) is 0 Å². The fourth-order valence-corrected chi connectivity index (χ4v) is 4.05. The van der Waals surface area contributed by atoms with E-state index >= 15 is 0 Å². The number of aryl methyl sites for hydroxylation is 1. The highest BCUT2D eigenvalue weighted by Gasteiger charge is 2.28. The van der Waals surface area contributed by atoms with Crippen molar-refractivity contribution in [3.05, 3.63) is 54.6 Å². The number of benzene rings is 2. The Morgan fingerprint density at radius 3 is 2.72 bits per heavy atom. The zero-order chi connectivity index (χ0) is 22.4. The van der Waals surface area contributed by atoms with Gasteiger partial charge in [-0.25, -0.2) is 18.7 Å². The Hall–Kier alpha value is -3.59. The molecule has 2 aromatic carbocycles. The van der Waals surface area contributed by atoms with E-state index in [-0.39, 0.29) is 12.2 Å². The summed E-state index contributed by atoms with van der Waals surface area (Å²) in [6, 6.07) is 9.96. The number of hydrogen-bond acceptors (Lipinski definition) is 6. The molecule has 32 heavy (non-hydrogen) atoms. The summed E-state index contributed by atoms with van der Waals surface area (Å²) < 4.78 is 30.3. The van der Waals surface area contributed by atoms with Crippen molar-refractivity contribution < 1.29 is 8.78 Å². The van der Waals surface area contributed by atoms with Gasteiger partial charge in [-0.05, 0) is 36.2 Å². The van der Waals surface area contributed by atoms with Crippen molar-refractivity contribution in [2.45, 2.75) is 18.6 Å². The largest absolute Gasteiger partial charge is 0.396 e. The van der Waals surface area contributed by atoms with Gasteiger partial charge in [0, 0.05) is 48.5 Å². The van der Waals surface area contributed by atoms with Crippen molar-refractivity contribution in [3.63, 3.8) is 0 Å². The Labute approximate surface area is 183 Å². The van der Waals surface area contributed by atoms with E-state index in [0.717, 1.165) is 22.0 Å². The van der Waals surface area contributed by atoms with Gasteiger partial charge in [-0.3, -0.25) is 4.68 Å². The molecular weight excluding hydrogens is 412 g/mol. The molecule has 5 rings (SSSR count). The minimum atomic E-state index is -1.16. The maximum absolute atomic E-state index is 14.3. The van der Waals surface area contributed by atoms with E-state index in [9.17, 15) is 8.78 Å². The summed E-state index contributed by atoms with van der Waals surface area (Å²) in [5, 5.41) is 5.37. The normalized spacial score (nSPS) is 18.9. The zero-order valence-corrected chi connectivity index (χ0v) is 17.5. The molecule has 1 fully saturated rings. The molecule has 1 saturated heterocycles. The van der Waals surface area contributed by atoms with Crippen LogP contribution in [-0.4, -0.2) is 45.1 Å². The number of alkyl halides is 1. The van der Waals surface area contributed by atoms with Crippen LogP contribution in [0, 0.1) is 5.82 Å². The summed E-state index contributed by atoms with van der Waals surface area (Å²) in [5.74, 6) is -0.137. The number of hydrogen-bond donors (Lipinski definition) is 2. The first-order valence-electron chi connectivity index (χ1n) is 10.4. The lowest BCUT2D eigenvalue weighted by atomic mass is 9.99. The van der Waals surface area contributed by atoms with Crippen LogP contribution < -0.4 is 16.4 Å². The number of nitrogens with zero attached hydrogens (tertiary/aromatic N) is 5. The van der Waals surface area contributed by atoms with E-state index in [0.29, 0.717) is 30.2 Å². The van der Waals surface area contributed by atoms with E-state index < -0.39 is 18.0 Å². The van der Waals surface area contributed by atoms with Crippen molar-refractivity contribution in [2.75, 3.05) is 23.7 Å². The fraction of sp³-hybridized carbons (Fsp3) is 0.261. The van der Waals surface area contributed by atoms with Crippen LogP contribution in [0.1, 0.15) is 6.42 Å². The lowest BCUT2D eigenvalue weighted by molar-refractivity contribution is 0.250. The fourth-order valence-electron chi connectivity index (χ4n) is 4.05. The molecule has 0 radical (unpaired) electrons. The predicted octanol–water partition coefficient (Wildman–Crippen LogP) is 3.29. The van der Waals surface area contributed by atoms with Gasteiger partial charge in [-0.1, -0.05) is 12.1 Å². The topological polar surface area (TPSA) is 98.9 Å². The first kappa shape index (κ1) is 20.3. The molecule has 0 aliphatic carbocycles. The average Bonchev–Trinajstić information content (AvgIpc) is 3.16. The number of piperidine rings is 1. The number of halogens is 2. The van der Waals surface area contributed by atoms with Gasteiger partial charge in [0.05, 0.1) is 23.4 Å². The third kappa shape index (κ3) is 3.64. The molecule has 2 unspecified atom stereocenters. The number of nitrogens with two attached hydrogens (primary N) is 2. The Bertz CT molecular complexity index is 1300. The molecule has 4 N–H and O–H groups in total. The third-order valence-electron chi connectivity index (χ3n) is 5.85. The minimum absolute atomic E-state index is 0.0617. The molecule has 0 bridgehead atoms. The molecule has 7 nitrogen and oxygen atoms in total. The quantitative estimate of drug-likeness (QED) is 0.479. The molecule has 4 aromatic rings. The first-order chi connectivity index (χ1) is 15.4. The molecule has 1 aliphatic rings. The standard InChI is InChI=1S/C23H23F2N7/c1-31-11-15-8-13(3-5-21(15)30-31)16-10-28-23(32-7-6-20(27)18(25)12-32)29-22(16)14-2-4-19(26)17(24)9-14/h2-5,8-11,18,20H,6-7,12,26-27H2,1H3. The highest BCUT2D eigenvalue weighted by atomic mass is 19.1. The van der Waals surface area contributed by atoms with Crippen LogP contribution in [0.4, 0.5) is 20.4 Å². The second-order valence-corrected chi connectivity index (χ2v) is 8.16. The van der Waals surface area contributed by atoms with Crippen molar-refractivity contribution in [3.8, 4) is 22.4 Å². The monoisotopic (exact) mass is 435 g/mol. The van der Waals surface area contributed by atoms with Gasteiger partial charge in [0.15, 0.2) is 0 Å².